The maximum absolute atomic E-state index is 9.43. The van der Waals surface area contributed by atoms with Gasteiger partial charge in [0.15, 0.2) is 0 Å². The van der Waals surface area contributed by atoms with Crippen LogP contribution >= 0.6 is 0 Å². The van der Waals surface area contributed by atoms with Gasteiger partial charge < -0.3 is 10.0 Å². The number of pyridine rings is 1. The first kappa shape index (κ1) is 11.9. The van der Waals surface area contributed by atoms with Crippen LogP contribution in [0.5, 0.6) is 0 Å². The standard InChI is InChI=1S/C15H12BNO2/c18-16(19)15-6-5-12(11-7-9-17-10-8-11)13-3-1-2-4-14(13)15/h1-10,18-19H. The van der Waals surface area contributed by atoms with E-state index in [1.807, 2.05) is 42.5 Å². The van der Waals surface area contributed by atoms with Crippen LogP contribution in [0.25, 0.3) is 21.9 Å². The molecule has 0 saturated heterocycles. The van der Waals surface area contributed by atoms with Crippen molar-refractivity contribution in [1.29, 1.82) is 0 Å². The molecule has 0 spiro atoms. The number of fused-ring (bicyclic) bond motifs is 1. The highest BCUT2D eigenvalue weighted by Crippen LogP contribution is 2.27. The van der Waals surface area contributed by atoms with Gasteiger partial charge in [0.2, 0.25) is 0 Å². The zero-order valence-electron chi connectivity index (χ0n) is 10.2. The van der Waals surface area contributed by atoms with Gasteiger partial charge >= 0.3 is 7.12 Å². The molecule has 2 aromatic carbocycles. The van der Waals surface area contributed by atoms with Crippen molar-refractivity contribution in [3.63, 3.8) is 0 Å². The average Bonchev–Trinajstić information content (AvgIpc) is 2.47. The van der Waals surface area contributed by atoms with Crippen LogP contribution in [-0.2, 0) is 0 Å². The Morgan fingerprint density at radius 3 is 2.16 bits per heavy atom. The molecule has 2 N–H and O–H groups in total. The summed E-state index contributed by atoms with van der Waals surface area (Å²) < 4.78 is 0. The Kier molecular flexibility index (Phi) is 3.03. The van der Waals surface area contributed by atoms with Crippen LogP contribution in [0.4, 0.5) is 0 Å². The molecule has 0 unspecified atom stereocenters. The van der Waals surface area contributed by atoms with Crippen LogP contribution in [0.15, 0.2) is 60.9 Å². The second kappa shape index (κ2) is 4.84. The third-order valence-corrected chi connectivity index (χ3v) is 3.23. The second-order valence-electron chi connectivity index (χ2n) is 4.36. The van der Waals surface area contributed by atoms with Gasteiger partial charge in [-0.2, -0.15) is 0 Å². The molecule has 0 aliphatic rings. The monoisotopic (exact) mass is 249 g/mol. The minimum atomic E-state index is -1.46. The molecular formula is C15H12BNO2. The van der Waals surface area contributed by atoms with Crippen LogP contribution < -0.4 is 5.46 Å². The lowest BCUT2D eigenvalue weighted by atomic mass is 9.76. The van der Waals surface area contributed by atoms with Crippen molar-refractivity contribution in [2.45, 2.75) is 0 Å². The molecule has 19 heavy (non-hydrogen) atoms. The summed E-state index contributed by atoms with van der Waals surface area (Å²) in [6, 6.07) is 15.3. The molecule has 0 atom stereocenters. The van der Waals surface area contributed by atoms with Crippen molar-refractivity contribution in [3.8, 4) is 11.1 Å². The second-order valence-corrected chi connectivity index (χ2v) is 4.36. The third kappa shape index (κ3) is 2.12. The van der Waals surface area contributed by atoms with Crippen molar-refractivity contribution in [2.75, 3.05) is 0 Å². The van der Waals surface area contributed by atoms with Crippen LogP contribution in [-0.4, -0.2) is 22.2 Å². The summed E-state index contributed by atoms with van der Waals surface area (Å²) in [6.45, 7) is 0. The Bertz CT molecular complexity index is 714. The Morgan fingerprint density at radius 1 is 0.789 bits per heavy atom. The molecule has 0 aliphatic carbocycles. The summed E-state index contributed by atoms with van der Waals surface area (Å²) in [4.78, 5) is 4.02. The number of hydrogen-bond donors (Lipinski definition) is 2. The fourth-order valence-electron chi connectivity index (χ4n) is 2.33. The molecule has 1 heterocycles. The SMILES string of the molecule is OB(O)c1ccc(-c2ccncc2)c2ccccc12. The fraction of sp³-hybridized carbons (Fsp3) is 0. The van der Waals surface area contributed by atoms with E-state index in [9.17, 15) is 10.0 Å². The highest BCUT2D eigenvalue weighted by Gasteiger charge is 2.16. The van der Waals surface area contributed by atoms with Gasteiger partial charge in [-0.3, -0.25) is 4.98 Å². The Labute approximate surface area is 111 Å². The van der Waals surface area contributed by atoms with Crippen molar-refractivity contribution in [3.05, 3.63) is 60.9 Å². The summed E-state index contributed by atoms with van der Waals surface area (Å²) in [5, 5.41) is 20.7. The molecule has 3 aromatic rings. The van der Waals surface area contributed by atoms with Gasteiger partial charge in [-0.1, -0.05) is 36.4 Å². The van der Waals surface area contributed by atoms with Crippen LogP contribution in [0.1, 0.15) is 0 Å². The topological polar surface area (TPSA) is 53.4 Å². The Hall–Kier alpha value is -2.17. The molecule has 0 bridgehead atoms. The summed E-state index contributed by atoms with van der Waals surface area (Å²) >= 11 is 0. The quantitative estimate of drug-likeness (QED) is 0.678. The van der Waals surface area contributed by atoms with Crippen molar-refractivity contribution in [1.82, 2.24) is 4.98 Å². The minimum Gasteiger partial charge on any atom is -0.423 e. The molecular weight excluding hydrogens is 237 g/mol. The predicted molar refractivity (Wildman–Crippen MR) is 77.0 cm³/mol. The first-order valence-corrected chi connectivity index (χ1v) is 6.05. The van der Waals surface area contributed by atoms with Crippen LogP contribution in [0, 0.1) is 0 Å². The first-order valence-electron chi connectivity index (χ1n) is 6.05. The Morgan fingerprint density at radius 2 is 1.47 bits per heavy atom. The summed E-state index contributed by atoms with van der Waals surface area (Å²) in [7, 11) is -1.46. The zero-order valence-corrected chi connectivity index (χ0v) is 10.2. The van der Waals surface area contributed by atoms with Crippen molar-refractivity contribution >= 4 is 23.4 Å². The maximum Gasteiger partial charge on any atom is 0.489 e. The number of benzene rings is 2. The number of rotatable bonds is 2. The lowest BCUT2D eigenvalue weighted by Gasteiger charge is -2.10. The normalized spacial score (nSPS) is 10.6. The molecule has 3 nitrogen and oxygen atoms in total. The summed E-state index contributed by atoms with van der Waals surface area (Å²) in [5.74, 6) is 0. The fourth-order valence-corrected chi connectivity index (χ4v) is 2.33. The molecule has 3 rings (SSSR count). The van der Waals surface area contributed by atoms with E-state index in [0.717, 1.165) is 21.9 Å². The maximum atomic E-state index is 9.43. The van der Waals surface area contributed by atoms with Gasteiger partial charge in [0.25, 0.3) is 0 Å². The van der Waals surface area contributed by atoms with Gasteiger partial charge in [-0.15, -0.1) is 0 Å². The van der Waals surface area contributed by atoms with Crippen LogP contribution in [0.2, 0.25) is 0 Å². The highest BCUT2D eigenvalue weighted by atomic mass is 16.4. The third-order valence-electron chi connectivity index (χ3n) is 3.23. The van der Waals surface area contributed by atoms with Gasteiger partial charge in [-0.25, -0.2) is 0 Å². The predicted octanol–water partition coefficient (Wildman–Crippen LogP) is 1.58. The highest BCUT2D eigenvalue weighted by molar-refractivity contribution is 6.62. The molecule has 0 amide bonds. The van der Waals surface area contributed by atoms with Crippen LogP contribution in [0.3, 0.4) is 0 Å². The summed E-state index contributed by atoms with van der Waals surface area (Å²) in [6.07, 6.45) is 3.50. The molecule has 0 radical (unpaired) electrons. The van der Waals surface area contributed by atoms with Crippen molar-refractivity contribution < 1.29 is 10.0 Å². The van der Waals surface area contributed by atoms with Gasteiger partial charge in [0.1, 0.15) is 0 Å². The molecule has 0 aliphatic heterocycles. The van der Waals surface area contributed by atoms with E-state index >= 15 is 0 Å². The van der Waals surface area contributed by atoms with Crippen molar-refractivity contribution in [2.24, 2.45) is 0 Å². The first-order chi connectivity index (χ1) is 9.27. The van der Waals surface area contributed by atoms with Gasteiger partial charge in [-0.05, 0) is 39.5 Å². The van der Waals surface area contributed by atoms with E-state index in [0.29, 0.717) is 5.46 Å². The molecule has 4 heteroatoms. The molecule has 0 saturated carbocycles. The lowest BCUT2D eigenvalue weighted by molar-refractivity contribution is 0.426. The van der Waals surface area contributed by atoms with E-state index in [2.05, 4.69) is 4.98 Å². The number of aromatic nitrogens is 1. The smallest absolute Gasteiger partial charge is 0.423 e. The lowest BCUT2D eigenvalue weighted by Crippen LogP contribution is -2.30. The molecule has 1 aromatic heterocycles. The van der Waals surface area contributed by atoms with Gasteiger partial charge in [0.05, 0.1) is 0 Å². The average molecular weight is 249 g/mol. The largest absolute Gasteiger partial charge is 0.489 e. The summed E-state index contributed by atoms with van der Waals surface area (Å²) in [5.41, 5.74) is 2.64. The minimum absolute atomic E-state index is 0.522. The van der Waals surface area contributed by atoms with E-state index in [1.165, 1.54) is 0 Å². The van der Waals surface area contributed by atoms with E-state index in [-0.39, 0.29) is 0 Å². The zero-order chi connectivity index (χ0) is 13.2. The van der Waals surface area contributed by atoms with Gasteiger partial charge in [0, 0.05) is 12.4 Å². The Balaban J connectivity index is 2.31. The van der Waals surface area contributed by atoms with E-state index < -0.39 is 7.12 Å². The van der Waals surface area contributed by atoms with E-state index in [1.54, 1.807) is 18.5 Å². The number of nitrogens with zero attached hydrogens (tertiary/aromatic N) is 1. The molecule has 92 valence electrons. The van der Waals surface area contributed by atoms with E-state index in [4.69, 9.17) is 0 Å². The molecule has 0 fully saturated rings. The number of hydrogen-bond acceptors (Lipinski definition) is 3.